The van der Waals surface area contributed by atoms with Crippen molar-refractivity contribution in [2.45, 2.75) is 43.8 Å². The van der Waals surface area contributed by atoms with E-state index in [1.807, 2.05) is 27.7 Å². The molecule has 0 radical (unpaired) electrons. The van der Waals surface area contributed by atoms with Crippen molar-refractivity contribution >= 4 is 39.9 Å². The van der Waals surface area contributed by atoms with E-state index in [0.29, 0.717) is 6.07 Å². The van der Waals surface area contributed by atoms with Crippen LogP contribution in [0.5, 0.6) is 0 Å². The molecule has 0 aliphatic carbocycles. The van der Waals surface area contributed by atoms with E-state index in [-0.39, 0.29) is 16.3 Å². The number of nitrogens with zero attached hydrogens (tertiary/aromatic N) is 1. The maximum Gasteiger partial charge on any atom is 0.497 e. The minimum absolute atomic E-state index is 0.105. The molecule has 1 saturated heterocycles. The van der Waals surface area contributed by atoms with Crippen LogP contribution in [0.4, 0.5) is 14.5 Å². The Labute approximate surface area is 167 Å². The first-order valence-electron chi connectivity index (χ1n) is 8.32. The van der Waals surface area contributed by atoms with E-state index in [0.717, 1.165) is 12.1 Å². The molecule has 6 nitrogen and oxygen atoms in total. The van der Waals surface area contributed by atoms with Crippen LogP contribution in [0.25, 0.3) is 0 Å². The molecule has 0 amide bonds. The molecule has 1 N–H and O–H groups in total. The summed E-state index contributed by atoms with van der Waals surface area (Å²) in [5, 5.41) is -0.168. The van der Waals surface area contributed by atoms with Gasteiger partial charge in [0.2, 0.25) is 0 Å². The van der Waals surface area contributed by atoms with Gasteiger partial charge in [-0.1, -0.05) is 11.6 Å². The molecular weight excluding hydrogens is 413 g/mol. The molecule has 0 unspecified atom stereocenters. The van der Waals surface area contributed by atoms with Crippen LogP contribution in [0, 0.1) is 11.6 Å². The van der Waals surface area contributed by atoms with Crippen LogP contribution in [-0.4, -0.2) is 31.7 Å². The van der Waals surface area contributed by atoms with Gasteiger partial charge in [0, 0.05) is 17.7 Å². The molecule has 28 heavy (non-hydrogen) atoms. The van der Waals surface area contributed by atoms with E-state index in [1.54, 1.807) is 0 Å². The van der Waals surface area contributed by atoms with Crippen molar-refractivity contribution in [3.8, 4) is 0 Å². The van der Waals surface area contributed by atoms with Crippen molar-refractivity contribution in [3.05, 3.63) is 47.2 Å². The second-order valence-corrected chi connectivity index (χ2v) is 9.34. The van der Waals surface area contributed by atoms with Gasteiger partial charge >= 0.3 is 7.12 Å². The second-order valence-electron chi connectivity index (χ2n) is 7.33. The zero-order valence-corrected chi connectivity index (χ0v) is 17.2. The Hall–Kier alpha value is -1.75. The van der Waals surface area contributed by atoms with Gasteiger partial charge in [-0.25, -0.2) is 22.2 Å². The van der Waals surface area contributed by atoms with Crippen LogP contribution < -0.4 is 10.2 Å². The topological polar surface area (TPSA) is 77.5 Å². The quantitative estimate of drug-likeness (QED) is 0.596. The zero-order valence-electron chi connectivity index (χ0n) is 15.6. The van der Waals surface area contributed by atoms with Gasteiger partial charge in [0.05, 0.1) is 16.9 Å². The number of anilines is 1. The molecule has 3 rings (SSSR count). The van der Waals surface area contributed by atoms with Crippen LogP contribution in [0.3, 0.4) is 0 Å². The predicted molar refractivity (Wildman–Crippen MR) is 102 cm³/mol. The van der Waals surface area contributed by atoms with Crippen molar-refractivity contribution in [2.24, 2.45) is 0 Å². The number of nitrogens with one attached hydrogen (secondary N) is 1. The van der Waals surface area contributed by atoms with Crippen molar-refractivity contribution < 1.29 is 26.5 Å². The number of halogens is 3. The highest BCUT2D eigenvalue weighted by molar-refractivity contribution is 7.92. The first-order chi connectivity index (χ1) is 12.8. The molecule has 2 aromatic rings. The molecular formula is C17H18BClF2N2O4S. The molecule has 1 fully saturated rings. The van der Waals surface area contributed by atoms with E-state index in [4.69, 9.17) is 20.9 Å². The van der Waals surface area contributed by atoms with E-state index in [1.165, 1.54) is 12.3 Å². The highest BCUT2D eigenvalue weighted by Gasteiger charge is 2.52. The summed E-state index contributed by atoms with van der Waals surface area (Å²) in [6.07, 6.45) is 1.37. The monoisotopic (exact) mass is 430 g/mol. The number of rotatable bonds is 4. The van der Waals surface area contributed by atoms with Gasteiger partial charge < -0.3 is 9.31 Å². The number of pyridine rings is 1. The molecule has 0 spiro atoms. The van der Waals surface area contributed by atoms with E-state index < -0.39 is 44.9 Å². The highest BCUT2D eigenvalue weighted by Crippen LogP contribution is 2.37. The van der Waals surface area contributed by atoms with Gasteiger partial charge in [0.25, 0.3) is 10.0 Å². The number of hydrogen-bond acceptors (Lipinski definition) is 5. The number of hydrogen-bond donors (Lipinski definition) is 1. The van der Waals surface area contributed by atoms with Crippen LogP contribution >= 0.6 is 11.6 Å². The van der Waals surface area contributed by atoms with E-state index in [9.17, 15) is 17.2 Å². The maximum absolute atomic E-state index is 14.0. The summed E-state index contributed by atoms with van der Waals surface area (Å²) in [4.78, 5) is 3.14. The standard InChI is InChI=1S/C17H18BClF2N2O4S/c1-16(2)17(3,4)27-18(26-16)11-7-8-22-15(19)14(11)23-28(24,25)13-6-5-10(20)9-12(13)21/h5-9,23H,1-4H3. The maximum atomic E-state index is 14.0. The average molecular weight is 431 g/mol. The SMILES string of the molecule is CC1(C)OB(c2ccnc(Cl)c2NS(=O)(=O)c2ccc(F)cc2F)OC1(C)C. The fraction of sp³-hybridized carbons (Fsp3) is 0.353. The van der Waals surface area contributed by atoms with Gasteiger partial charge in [-0.2, -0.15) is 0 Å². The zero-order chi connectivity index (χ0) is 20.9. The number of aromatic nitrogens is 1. The predicted octanol–water partition coefficient (Wildman–Crippen LogP) is 3.11. The first-order valence-corrected chi connectivity index (χ1v) is 10.2. The van der Waals surface area contributed by atoms with Crippen molar-refractivity contribution in [3.63, 3.8) is 0 Å². The first kappa shape index (κ1) is 21.0. The summed E-state index contributed by atoms with van der Waals surface area (Å²) in [6, 6.07) is 3.64. The third-order valence-corrected chi connectivity index (χ3v) is 6.53. The Bertz CT molecular complexity index is 1020. The van der Waals surface area contributed by atoms with Gasteiger partial charge in [0.15, 0.2) is 5.15 Å². The lowest BCUT2D eigenvalue weighted by molar-refractivity contribution is 0.00578. The third-order valence-electron chi connectivity index (χ3n) is 4.86. The Morgan fingerprint density at radius 1 is 1.11 bits per heavy atom. The van der Waals surface area contributed by atoms with E-state index >= 15 is 0 Å². The minimum Gasteiger partial charge on any atom is -0.399 e. The fourth-order valence-corrected chi connectivity index (χ4v) is 4.02. The molecule has 0 saturated carbocycles. The lowest BCUT2D eigenvalue weighted by atomic mass is 9.78. The molecule has 1 aromatic heterocycles. The highest BCUT2D eigenvalue weighted by atomic mass is 35.5. The van der Waals surface area contributed by atoms with Gasteiger partial charge in [-0.15, -0.1) is 0 Å². The number of benzene rings is 1. The summed E-state index contributed by atoms with van der Waals surface area (Å²) in [5.41, 5.74) is -1.17. The third kappa shape index (κ3) is 3.74. The molecule has 1 aliphatic rings. The van der Waals surface area contributed by atoms with Crippen molar-refractivity contribution in [2.75, 3.05) is 4.72 Å². The molecule has 11 heteroatoms. The van der Waals surface area contributed by atoms with E-state index in [2.05, 4.69) is 9.71 Å². The molecule has 2 heterocycles. The summed E-state index contributed by atoms with van der Waals surface area (Å²) in [5.74, 6) is -2.13. The normalized spacial score (nSPS) is 18.3. The Kier molecular flexibility index (Phi) is 5.20. The Morgan fingerprint density at radius 3 is 2.29 bits per heavy atom. The minimum atomic E-state index is -4.42. The van der Waals surface area contributed by atoms with Gasteiger partial charge in [-0.3, -0.25) is 4.72 Å². The van der Waals surface area contributed by atoms with Gasteiger partial charge in [0.1, 0.15) is 16.5 Å². The molecule has 0 bridgehead atoms. The molecule has 1 aromatic carbocycles. The average Bonchev–Trinajstić information content (AvgIpc) is 2.76. The summed E-state index contributed by atoms with van der Waals surface area (Å²) in [7, 11) is -5.35. The largest absolute Gasteiger partial charge is 0.497 e. The Morgan fingerprint density at radius 2 is 1.71 bits per heavy atom. The molecule has 0 atom stereocenters. The van der Waals surface area contributed by atoms with Gasteiger partial charge in [-0.05, 0) is 45.9 Å². The van der Waals surface area contributed by atoms with Crippen molar-refractivity contribution in [1.82, 2.24) is 4.98 Å². The summed E-state index contributed by atoms with van der Waals surface area (Å²) < 4.78 is 66.5. The van der Waals surface area contributed by atoms with Crippen LogP contribution in [0.2, 0.25) is 5.15 Å². The molecule has 150 valence electrons. The fourth-order valence-electron chi connectivity index (χ4n) is 2.60. The lowest BCUT2D eigenvalue weighted by Crippen LogP contribution is -2.41. The number of sulfonamides is 1. The van der Waals surface area contributed by atoms with Crippen LogP contribution in [-0.2, 0) is 19.3 Å². The second kappa shape index (κ2) is 6.94. The van der Waals surface area contributed by atoms with Crippen LogP contribution in [0.15, 0.2) is 35.4 Å². The van der Waals surface area contributed by atoms with Crippen molar-refractivity contribution in [1.29, 1.82) is 0 Å². The summed E-state index contributed by atoms with van der Waals surface area (Å²) in [6.45, 7) is 7.36. The molecule has 1 aliphatic heterocycles. The lowest BCUT2D eigenvalue weighted by Gasteiger charge is -2.32. The Balaban J connectivity index is 2.02. The van der Waals surface area contributed by atoms with Crippen LogP contribution in [0.1, 0.15) is 27.7 Å². The summed E-state index contributed by atoms with van der Waals surface area (Å²) >= 11 is 6.11. The smallest absolute Gasteiger partial charge is 0.399 e.